The Labute approximate surface area is 122 Å². The highest BCUT2D eigenvalue weighted by Gasteiger charge is 2.20. The fraction of sp³-hybridized carbons (Fsp3) is 0.500. The third-order valence-electron chi connectivity index (χ3n) is 2.50. The first kappa shape index (κ1) is 16.5. The molecule has 2 N–H and O–H groups in total. The molecule has 0 aliphatic heterocycles. The van der Waals surface area contributed by atoms with Crippen LogP contribution in [0.1, 0.15) is 0 Å². The molecule has 1 aromatic carbocycles. The van der Waals surface area contributed by atoms with Gasteiger partial charge in [-0.05, 0) is 12.1 Å². The van der Waals surface area contributed by atoms with Gasteiger partial charge in [-0.25, -0.2) is 0 Å². The second kappa shape index (κ2) is 8.57. The lowest BCUT2D eigenvalue weighted by Gasteiger charge is -2.12. The van der Waals surface area contributed by atoms with Gasteiger partial charge in [-0.15, -0.1) is 0 Å². The summed E-state index contributed by atoms with van der Waals surface area (Å²) in [6.45, 7) is 1.79. The van der Waals surface area contributed by atoms with Crippen LogP contribution in [0.15, 0.2) is 12.1 Å². The quantitative estimate of drug-likeness (QED) is 0.414. The number of rotatable bonds is 9. The fourth-order valence-electron chi connectivity index (χ4n) is 1.64. The third kappa shape index (κ3) is 4.84. The first-order chi connectivity index (χ1) is 9.60. The van der Waals surface area contributed by atoms with Gasteiger partial charge < -0.3 is 20.1 Å². The second-order valence-corrected chi connectivity index (χ2v) is 4.38. The molecule has 112 valence electrons. The Morgan fingerprint density at radius 3 is 1.95 bits per heavy atom. The Bertz CT molecular complexity index is 425. The molecular formula is C12H18ClN3O4. The van der Waals surface area contributed by atoms with Gasteiger partial charge in [-0.2, -0.15) is 0 Å². The normalized spacial score (nSPS) is 10.3. The topological polar surface area (TPSA) is 85.7 Å². The molecule has 0 amide bonds. The van der Waals surface area contributed by atoms with Gasteiger partial charge in [0.2, 0.25) is 0 Å². The average molecular weight is 304 g/mol. The minimum atomic E-state index is -0.444. The number of hydrogen-bond donors (Lipinski definition) is 2. The van der Waals surface area contributed by atoms with Gasteiger partial charge in [0.15, 0.2) is 0 Å². The Balaban J connectivity index is 2.98. The van der Waals surface area contributed by atoms with E-state index in [0.29, 0.717) is 42.7 Å². The Hall–Kier alpha value is -1.57. The van der Waals surface area contributed by atoms with Crippen molar-refractivity contribution in [2.24, 2.45) is 0 Å². The Kier molecular flexibility index (Phi) is 7.06. The number of nitro benzene ring substituents is 1. The van der Waals surface area contributed by atoms with E-state index in [1.165, 1.54) is 12.1 Å². The van der Waals surface area contributed by atoms with Crippen molar-refractivity contribution in [1.29, 1.82) is 0 Å². The van der Waals surface area contributed by atoms with Gasteiger partial charge in [0.25, 0.3) is 0 Å². The summed E-state index contributed by atoms with van der Waals surface area (Å²) in [5, 5.41) is 17.5. The highest BCUT2D eigenvalue weighted by molar-refractivity contribution is 6.31. The number of ether oxygens (including phenoxy) is 2. The minimum absolute atomic E-state index is 0.0402. The van der Waals surface area contributed by atoms with E-state index in [1.807, 2.05) is 0 Å². The van der Waals surface area contributed by atoms with Crippen LogP contribution in [0.5, 0.6) is 0 Å². The molecule has 7 nitrogen and oxygen atoms in total. The van der Waals surface area contributed by atoms with Crippen LogP contribution in [0.4, 0.5) is 17.1 Å². The molecule has 0 unspecified atom stereocenters. The lowest BCUT2D eigenvalue weighted by atomic mass is 10.2. The van der Waals surface area contributed by atoms with Crippen LogP contribution >= 0.6 is 11.6 Å². The molecule has 0 spiro atoms. The Morgan fingerprint density at radius 1 is 1.15 bits per heavy atom. The number of halogens is 1. The van der Waals surface area contributed by atoms with Crippen molar-refractivity contribution in [1.82, 2.24) is 0 Å². The molecule has 8 heteroatoms. The molecule has 0 aliphatic carbocycles. The molecule has 1 rings (SSSR count). The van der Waals surface area contributed by atoms with Gasteiger partial charge in [0.05, 0.1) is 18.1 Å². The summed E-state index contributed by atoms with van der Waals surface area (Å²) in [4.78, 5) is 10.8. The molecule has 0 fully saturated rings. The molecule has 20 heavy (non-hydrogen) atoms. The molecule has 1 aromatic rings. The van der Waals surface area contributed by atoms with Crippen molar-refractivity contribution >= 4 is 28.7 Å². The van der Waals surface area contributed by atoms with Crippen molar-refractivity contribution in [3.8, 4) is 0 Å². The van der Waals surface area contributed by atoms with Crippen LogP contribution in [0.25, 0.3) is 0 Å². The summed E-state index contributed by atoms with van der Waals surface area (Å²) in [5.74, 6) is 0. The summed E-state index contributed by atoms with van der Waals surface area (Å²) in [6.07, 6.45) is 0. The fourth-order valence-corrected chi connectivity index (χ4v) is 1.86. The van der Waals surface area contributed by atoms with Crippen LogP contribution < -0.4 is 10.6 Å². The molecule has 0 aliphatic rings. The van der Waals surface area contributed by atoms with Crippen LogP contribution in [0, 0.1) is 10.1 Å². The molecule has 0 radical (unpaired) electrons. The van der Waals surface area contributed by atoms with E-state index in [2.05, 4.69) is 10.6 Å². The third-order valence-corrected chi connectivity index (χ3v) is 2.72. The zero-order valence-electron chi connectivity index (χ0n) is 11.4. The average Bonchev–Trinajstić information content (AvgIpc) is 2.38. The second-order valence-electron chi connectivity index (χ2n) is 3.95. The summed E-state index contributed by atoms with van der Waals surface area (Å²) >= 11 is 5.99. The standard InChI is InChI=1S/C12H18ClN3O4/c1-19-5-3-14-10-7-9(13)8-11(12(10)16(17)18)15-4-6-20-2/h7-8,14-15H,3-6H2,1-2H3. The zero-order chi connectivity index (χ0) is 15.0. The number of hydrogen-bond acceptors (Lipinski definition) is 6. The molecular weight excluding hydrogens is 286 g/mol. The maximum absolute atomic E-state index is 11.2. The van der Waals surface area contributed by atoms with E-state index in [4.69, 9.17) is 21.1 Å². The minimum Gasteiger partial charge on any atom is -0.383 e. The van der Waals surface area contributed by atoms with Crippen molar-refractivity contribution in [2.45, 2.75) is 0 Å². The number of methoxy groups -OCH3 is 2. The monoisotopic (exact) mass is 303 g/mol. The molecule has 0 heterocycles. The largest absolute Gasteiger partial charge is 0.383 e. The van der Waals surface area contributed by atoms with Gasteiger partial charge in [0, 0.05) is 32.3 Å². The maximum atomic E-state index is 11.2. The van der Waals surface area contributed by atoms with E-state index in [1.54, 1.807) is 14.2 Å². The summed E-state index contributed by atoms with van der Waals surface area (Å²) in [7, 11) is 3.12. The van der Waals surface area contributed by atoms with Gasteiger partial charge in [-0.3, -0.25) is 10.1 Å². The predicted molar refractivity (Wildman–Crippen MR) is 78.8 cm³/mol. The lowest BCUT2D eigenvalue weighted by Crippen LogP contribution is -2.12. The highest BCUT2D eigenvalue weighted by Crippen LogP contribution is 2.36. The molecule has 0 atom stereocenters. The van der Waals surface area contributed by atoms with E-state index >= 15 is 0 Å². The first-order valence-electron chi connectivity index (χ1n) is 6.03. The van der Waals surface area contributed by atoms with Crippen LogP contribution in [-0.2, 0) is 9.47 Å². The van der Waals surface area contributed by atoms with Crippen LogP contribution in [0.2, 0.25) is 5.02 Å². The molecule has 0 saturated heterocycles. The van der Waals surface area contributed by atoms with Crippen molar-refractivity contribution in [3.05, 3.63) is 27.3 Å². The number of benzene rings is 1. The van der Waals surface area contributed by atoms with Gasteiger partial charge in [-0.1, -0.05) is 11.6 Å². The predicted octanol–water partition coefficient (Wildman–Crippen LogP) is 2.36. The first-order valence-corrected chi connectivity index (χ1v) is 6.41. The molecule has 0 bridgehead atoms. The highest BCUT2D eigenvalue weighted by atomic mass is 35.5. The van der Waals surface area contributed by atoms with E-state index in [9.17, 15) is 10.1 Å². The molecule has 0 saturated carbocycles. The van der Waals surface area contributed by atoms with Gasteiger partial charge in [0.1, 0.15) is 11.4 Å². The molecule has 0 aromatic heterocycles. The van der Waals surface area contributed by atoms with Crippen LogP contribution in [0.3, 0.4) is 0 Å². The van der Waals surface area contributed by atoms with Crippen molar-refractivity contribution in [2.75, 3.05) is 51.2 Å². The smallest absolute Gasteiger partial charge is 0.315 e. The number of anilines is 2. The van der Waals surface area contributed by atoms with Crippen LogP contribution in [-0.4, -0.2) is 45.4 Å². The van der Waals surface area contributed by atoms with E-state index < -0.39 is 4.92 Å². The van der Waals surface area contributed by atoms with Gasteiger partial charge >= 0.3 is 5.69 Å². The lowest BCUT2D eigenvalue weighted by molar-refractivity contribution is -0.383. The Morgan fingerprint density at radius 2 is 1.60 bits per heavy atom. The van der Waals surface area contributed by atoms with Crippen molar-refractivity contribution in [3.63, 3.8) is 0 Å². The number of nitrogens with one attached hydrogen (secondary N) is 2. The summed E-state index contributed by atoms with van der Waals surface area (Å²) in [5.41, 5.74) is 0.681. The number of nitrogens with zero attached hydrogens (tertiary/aromatic N) is 1. The number of nitro groups is 1. The van der Waals surface area contributed by atoms with E-state index in [-0.39, 0.29) is 5.69 Å². The summed E-state index contributed by atoms with van der Waals surface area (Å²) < 4.78 is 9.81. The zero-order valence-corrected chi connectivity index (χ0v) is 12.2. The van der Waals surface area contributed by atoms with E-state index in [0.717, 1.165) is 0 Å². The SMILES string of the molecule is COCCNc1cc(Cl)cc(NCCOC)c1[N+](=O)[O-]. The van der Waals surface area contributed by atoms with Crippen molar-refractivity contribution < 1.29 is 14.4 Å². The summed E-state index contributed by atoms with van der Waals surface area (Å²) in [6, 6.07) is 3.05. The maximum Gasteiger partial charge on any atom is 0.315 e.